The van der Waals surface area contributed by atoms with Crippen LogP contribution in [0.2, 0.25) is 0 Å². The fourth-order valence-corrected chi connectivity index (χ4v) is 1.82. The molecule has 16 heavy (non-hydrogen) atoms. The molecule has 5 nitrogen and oxygen atoms in total. The van der Waals surface area contributed by atoms with E-state index in [1.165, 1.54) is 4.90 Å². The molecule has 1 fully saturated rings. The number of nitrogens with one attached hydrogen (secondary N) is 1. The number of carbonyl (C=O) groups excluding carboxylic acids is 2. The fourth-order valence-electron chi connectivity index (χ4n) is 1.47. The maximum absolute atomic E-state index is 11.5. The lowest BCUT2D eigenvalue weighted by molar-refractivity contribution is -0.120. The van der Waals surface area contributed by atoms with E-state index in [0.29, 0.717) is 24.1 Å². The van der Waals surface area contributed by atoms with Crippen molar-refractivity contribution in [3.63, 3.8) is 0 Å². The van der Waals surface area contributed by atoms with Crippen molar-refractivity contribution in [2.24, 2.45) is 0 Å². The molecule has 1 saturated heterocycles. The van der Waals surface area contributed by atoms with Gasteiger partial charge in [0.05, 0.1) is 0 Å². The molecule has 0 bridgehead atoms. The van der Waals surface area contributed by atoms with Crippen molar-refractivity contribution in [3.05, 3.63) is 23.9 Å². The molecule has 0 atom stereocenters. The topological polar surface area (TPSA) is 62.3 Å². The first kappa shape index (κ1) is 11.1. The van der Waals surface area contributed by atoms with Crippen molar-refractivity contribution < 1.29 is 9.59 Å². The SMILES string of the molecule is O=C1CCN(c2cc(CBr)ccn2)C(=O)N1. The van der Waals surface area contributed by atoms with Crippen LogP contribution in [0.15, 0.2) is 18.3 Å². The number of anilines is 1. The number of rotatable bonds is 2. The summed E-state index contributed by atoms with van der Waals surface area (Å²) in [5.41, 5.74) is 1.04. The molecule has 0 spiro atoms. The number of halogens is 1. The summed E-state index contributed by atoms with van der Waals surface area (Å²) in [6.45, 7) is 0.378. The molecular formula is C10H10BrN3O2. The molecule has 1 aromatic rings. The molecule has 1 aliphatic rings. The van der Waals surface area contributed by atoms with Gasteiger partial charge in [-0.05, 0) is 17.7 Å². The summed E-state index contributed by atoms with van der Waals surface area (Å²) < 4.78 is 0. The summed E-state index contributed by atoms with van der Waals surface area (Å²) in [5, 5.41) is 2.97. The van der Waals surface area contributed by atoms with Crippen LogP contribution in [0, 0.1) is 0 Å². The smallest absolute Gasteiger partial charge is 0.278 e. The number of amides is 3. The minimum atomic E-state index is -0.407. The van der Waals surface area contributed by atoms with Gasteiger partial charge in [-0.25, -0.2) is 9.78 Å². The summed E-state index contributed by atoms with van der Waals surface area (Å²) in [7, 11) is 0. The van der Waals surface area contributed by atoms with E-state index in [2.05, 4.69) is 26.2 Å². The number of imide groups is 1. The van der Waals surface area contributed by atoms with Crippen molar-refractivity contribution in [1.82, 2.24) is 10.3 Å². The normalized spacial score (nSPS) is 16.2. The fraction of sp³-hybridized carbons (Fsp3) is 0.300. The Hall–Kier alpha value is -1.43. The van der Waals surface area contributed by atoms with Gasteiger partial charge in [-0.1, -0.05) is 15.9 Å². The number of hydrogen-bond donors (Lipinski definition) is 1. The van der Waals surface area contributed by atoms with Crippen molar-refractivity contribution >= 4 is 33.7 Å². The average Bonchev–Trinajstić information content (AvgIpc) is 2.29. The van der Waals surface area contributed by atoms with Gasteiger partial charge in [0, 0.05) is 24.5 Å². The van der Waals surface area contributed by atoms with Crippen LogP contribution in [-0.4, -0.2) is 23.5 Å². The van der Waals surface area contributed by atoms with Crippen molar-refractivity contribution in [1.29, 1.82) is 0 Å². The van der Waals surface area contributed by atoms with E-state index >= 15 is 0 Å². The molecule has 3 amide bonds. The highest BCUT2D eigenvalue weighted by Gasteiger charge is 2.24. The Balaban J connectivity index is 2.23. The van der Waals surface area contributed by atoms with Crippen LogP contribution in [0.5, 0.6) is 0 Å². The molecule has 6 heteroatoms. The van der Waals surface area contributed by atoms with E-state index in [0.717, 1.165) is 5.56 Å². The number of pyridine rings is 1. The Kier molecular flexibility index (Phi) is 3.19. The van der Waals surface area contributed by atoms with Crippen molar-refractivity contribution in [3.8, 4) is 0 Å². The van der Waals surface area contributed by atoms with E-state index in [4.69, 9.17) is 0 Å². The van der Waals surface area contributed by atoms with E-state index in [1.807, 2.05) is 12.1 Å². The zero-order chi connectivity index (χ0) is 11.5. The van der Waals surface area contributed by atoms with Gasteiger partial charge in [0.25, 0.3) is 0 Å². The highest BCUT2D eigenvalue weighted by atomic mass is 79.9. The summed E-state index contributed by atoms with van der Waals surface area (Å²) in [6.07, 6.45) is 1.96. The molecule has 2 rings (SSSR count). The van der Waals surface area contributed by atoms with Crippen LogP contribution < -0.4 is 10.2 Å². The lowest BCUT2D eigenvalue weighted by Gasteiger charge is -2.25. The number of hydrogen-bond acceptors (Lipinski definition) is 3. The molecule has 0 radical (unpaired) electrons. The Labute approximate surface area is 101 Å². The lowest BCUT2D eigenvalue weighted by Crippen LogP contribution is -2.49. The third kappa shape index (κ3) is 2.21. The number of nitrogens with zero attached hydrogens (tertiary/aromatic N) is 2. The summed E-state index contributed by atoms with van der Waals surface area (Å²) >= 11 is 3.34. The minimum absolute atomic E-state index is 0.238. The predicted molar refractivity (Wildman–Crippen MR) is 62.4 cm³/mol. The average molecular weight is 284 g/mol. The highest BCUT2D eigenvalue weighted by Crippen LogP contribution is 2.16. The van der Waals surface area contributed by atoms with Gasteiger partial charge in [-0.3, -0.25) is 15.0 Å². The molecule has 1 aliphatic heterocycles. The van der Waals surface area contributed by atoms with Gasteiger partial charge in [-0.15, -0.1) is 0 Å². The molecule has 0 aromatic carbocycles. The summed E-state index contributed by atoms with van der Waals surface area (Å²) in [5.74, 6) is 0.333. The van der Waals surface area contributed by atoms with Crippen molar-refractivity contribution in [2.75, 3.05) is 11.4 Å². The summed E-state index contributed by atoms with van der Waals surface area (Å²) in [4.78, 5) is 28.1. The molecule has 2 heterocycles. The van der Waals surface area contributed by atoms with Gasteiger partial charge in [0.15, 0.2) is 0 Å². The lowest BCUT2D eigenvalue weighted by atomic mass is 10.2. The molecular weight excluding hydrogens is 274 g/mol. The van der Waals surface area contributed by atoms with E-state index in [-0.39, 0.29) is 5.91 Å². The first-order valence-electron chi connectivity index (χ1n) is 4.83. The van der Waals surface area contributed by atoms with E-state index in [9.17, 15) is 9.59 Å². The molecule has 0 unspecified atom stereocenters. The summed E-state index contributed by atoms with van der Waals surface area (Å²) in [6, 6.07) is 3.28. The third-order valence-electron chi connectivity index (χ3n) is 2.29. The van der Waals surface area contributed by atoms with Gasteiger partial charge in [0.1, 0.15) is 5.82 Å². The van der Waals surface area contributed by atoms with Crippen LogP contribution in [0.25, 0.3) is 0 Å². The maximum atomic E-state index is 11.5. The monoisotopic (exact) mass is 283 g/mol. The Morgan fingerprint density at radius 1 is 1.50 bits per heavy atom. The maximum Gasteiger partial charge on any atom is 0.329 e. The zero-order valence-corrected chi connectivity index (χ0v) is 10.0. The highest BCUT2D eigenvalue weighted by molar-refractivity contribution is 9.08. The van der Waals surface area contributed by atoms with Gasteiger partial charge >= 0.3 is 6.03 Å². The van der Waals surface area contributed by atoms with Gasteiger partial charge in [-0.2, -0.15) is 0 Å². The number of alkyl halides is 1. The van der Waals surface area contributed by atoms with E-state index in [1.54, 1.807) is 6.20 Å². The minimum Gasteiger partial charge on any atom is -0.278 e. The van der Waals surface area contributed by atoms with Gasteiger partial charge in [0.2, 0.25) is 5.91 Å². The Morgan fingerprint density at radius 2 is 2.31 bits per heavy atom. The number of urea groups is 1. The first-order valence-corrected chi connectivity index (χ1v) is 5.95. The number of carbonyl (C=O) groups is 2. The third-order valence-corrected chi connectivity index (χ3v) is 2.94. The van der Waals surface area contributed by atoms with Crippen LogP contribution in [0.3, 0.4) is 0 Å². The predicted octanol–water partition coefficient (Wildman–Crippen LogP) is 1.42. The molecule has 84 valence electrons. The largest absolute Gasteiger partial charge is 0.329 e. The Morgan fingerprint density at radius 3 is 3.00 bits per heavy atom. The van der Waals surface area contributed by atoms with Crippen LogP contribution in [-0.2, 0) is 10.1 Å². The van der Waals surface area contributed by atoms with Crippen LogP contribution >= 0.6 is 15.9 Å². The van der Waals surface area contributed by atoms with Crippen LogP contribution in [0.1, 0.15) is 12.0 Å². The first-order chi connectivity index (χ1) is 7.70. The second-order valence-corrected chi connectivity index (χ2v) is 3.97. The quantitative estimate of drug-likeness (QED) is 0.835. The second kappa shape index (κ2) is 4.61. The Bertz CT molecular complexity index is 436. The van der Waals surface area contributed by atoms with Crippen molar-refractivity contribution in [2.45, 2.75) is 11.8 Å². The molecule has 0 saturated carbocycles. The van der Waals surface area contributed by atoms with Crippen LogP contribution in [0.4, 0.5) is 10.6 Å². The standard InChI is InChI=1S/C10H10BrN3O2/c11-6-7-1-3-12-8(5-7)14-4-2-9(15)13-10(14)16/h1,3,5H,2,4,6H2,(H,13,15,16). The van der Waals surface area contributed by atoms with E-state index < -0.39 is 6.03 Å². The number of aromatic nitrogens is 1. The molecule has 0 aliphatic carbocycles. The van der Waals surface area contributed by atoms with Gasteiger partial charge < -0.3 is 0 Å². The zero-order valence-electron chi connectivity index (χ0n) is 8.44. The molecule has 1 N–H and O–H groups in total. The second-order valence-electron chi connectivity index (χ2n) is 3.41. The molecule has 1 aromatic heterocycles.